The molecule has 0 unspecified atom stereocenters. The Morgan fingerprint density at radius 2 is 1.71 bits per heavy atom. The first-order chi connectivity index (χ1) is 16.9. The van der Waals surface area contributed by atoms with Crippen molar-refractivity contribution in [2.75, 3.05) is 13.7 Å². The molecule has 0 atom stereocenters. The number of carbonyl (C=O) groups is 1. The van der Waals surface area contributed by atoms with Crippen LogP contribution >= 0.6 is 66.2 Å². The molecular formula is C26H21Br2IN2O3S. The van der Waals surface area contributed by atoms with Crippen molar-refractivity contribution in [3.05, 3.63) is 89.2 Å². The lowest BCUT2D eigenvalue weighted by molar-refractivity contribution is -0.122. The first-order valence-electron chi connectivity index (χ1n) is 10.7. The van der Waals surface area contributed by atoms with Gasteiger partial charge in [-0.15, -0.1) is 0 Å². The van der Waals surface area contributed by atoms with Crippen LogP contribution in [0.1, 0.15) is 18.1 Å². The third-order valence-corrected chi connectivity index (χ3v) is 8.02. The minimum Gasteiger partial charge on any atom is -0.497 e. The Balaban J connectivity index is 1.54. The average Bonchev–Trinajstić information content (AvgIpc) is 3.13. The lowest BCUT2D eigenvalue weighted by Crippen LogP contribution is -2.28. The number of methoxy groups -OCH3 is 1. The van der Waals surface area contributed by atoms with Gasteiger partial charge in [0.05, 0.1) is 26.6 Å². The van der Waals surface area contributed by atoms with Gasteiger partial charge in [-0.25, -0.2) is 4.99 Å². The number of aliphatic imine (C=N–C) groups is 1. The van der Waals surface area contributed by atoms with Crippen LogP contribution in [-0.2, 0) is 11.4 Å². The Morgan fingerprint density at radius 1 is 1.06 bits per heavy atom. The number of amidine groups is 1. The second-order valence-corrected chi connectivity index (χ2v) is 11.4. The van der Waals surface area contributed by atoms with Crippen molar-refractivity contribution in [3.63, 3.8) is 0 Å². The van der Waals surface area contributed by atoms with Gasteiger partial charge < -0.3 is 9.47 Å². The molecule has 0 spiro atoms. The molecule has 1 saturated heterocycles. The lowest BCUT2D eigenvalue weighted by atomic mass is 10.2. The number of rotatable bonds is 7. The molecule has 1 fully saturated rings. The number of carbonyl (C=O) groups excluding carboxylic acids is 1. The molecule has 1 aliphatic heterocycles. The van der Waals surface area contributed by atoms with Gasteiger partial charge in [0.1, 0.15) is 18.1 Å². The van der Waals surface area contributed by atoms with E-state index in [1.54, 1.807) is 12.0 Å². The molecule has 0 aliphatic carbocycles. The average molecular weight is 728 g/mol. The maximum atomic E-state index is 13.0. The lowest BCUT2D eigenvalue weighted by Gasteiger charge is -2.12. The molecule has 0 N–H and O–H groups in total. The topological polar surface area (TPSA) is 51.1 Å². The summed E-state index contributed by atoms with van der Waals surface area (Å²) < 4.78 is 14.1. The smallest absolute Gasteiger partial charge is 0.266 e. The van der Waals surface area contributed by atoms with E-state index in [9.17, 15) is 4.79 Å². The number of nitrogens with zero attached hydrogens (tertiary/aromatic N) is 2. The third-order valence-electron chi connectivity index (χ3n) is 5.12. The molecule has 35 heavy (non-hydrogen) atoms. The van der Waals surface area contributed by atoms with Crippen LogP contribution in [0.5, 0.6) is 11.5 Å². The van der Waals surface area contributed by atoms with E-state index in [0.29, 0.717) is 29.0 Å². The van der Waals surface area contributed by atoms with Crippen molar-refractivity contribution >= 4 is 89.1 Å². The van der Waals surface area contributed by atoms with Crippen molar-refractivity contribution in [2.24, 2.45) is 4.99 Å². The highest BCUT2D eigenvalue weighted by molar-refractivity contribution is 14.1. The number of benzene rings is 3. The van der Waals surface area contributed by atoms with E-state index >= 15 is 0 Å². The molecule has 4 rings (SSSR count). The number of hydrogen-bond donors (Lipinski definition) is 0. The van der Waals surface area contributed by atoms with E-state index in [1.807, 2.05) is 49.4 Å². The molecule has 5 nitrogen and oxygen atoms in total. The van der Waals surface area contributed by atoms with Gasteiger partial charge in [0.2, 0.25) is 0 Å². The summed E-state index contributed by atoms with van der Waals surface area (Å²) in [6, 6.07) is 19.6. The molecule has 0 bridgehead atoms. The molecule has 1 amide bonds. The number of ether oxygens (including phenoxy) is 2. The molecule has 1 aliphatic rings. The highest BCUT2D eigenvalue weighted by Gasteiger charge is 2.32. The van der Waals surface area contributed by atoms with Crippen LogP contribution in [0.15, 0.2) is 79.5 Å². The molecular weight excluding hydrogens is 707 g/mol. The summed E-state index contributed by atoms with van der Waals surface area (Å²) in [5.74, 6) is 1.42. The highest BCUT2D eigenvalue weighted by atomic mass is 127. The zero-order valence-corrected chi connectivity index (χ0v) is 25.1. The summed E-state index contributed by atoms with van der Waals surface area (Å²) >= 11 is 10.9. The van der Waals surface area contributed by atoms with Gasteiger partial charge in [0, 0.05) is 10.1 Å². The maximum Gasteiger partial charge on any atom is 0.266 e. The first kappa shape index (κ1) is 26.2. The quantitative estimate of drug-likeness (QED) is 0.183. The number of thioether (sulfide) groups is 1. The Kier molecular flexibility index (Phi) is 8.96. The summed E-state index contributed by atoms with van der Waals surface area (Å²) in [5.41, 5.74) is 2.73. The molecule has 0 aromatic heterocycles. The fourth-order valence-electron chi connectivity index (χ4n) is 3.33. The summed E-state index contributed by atoms with van der Waals surface area (Å²) in [7, 11) is 1.63. The zero-order valence-electron chi connectivity index (χ0n) is 18.9. The Bertz CT molecular complexity index is 1270. The normalized spacial score (nSPS) is 15.8. The maximum absolute atomic E-state index is 13.0. The van der Waals surface area contributed by atoms with Crippen LogP contribution in [0, 0.1) is 3.57 Å². The summed E-state index contributed by atoms with van der Waals surface area (Å²) in [5, 5.41) is 0.657. The third kappa shape index (κ3) is 6.49. The van der Waals surface area contributed by atoms with E-state index in [1.165, 1.54) is 15.3 Å². The van der Waals surface area contributed by atoms with Gasteiger partial charge in [0.25, 0.3) is 5.91 Å². The number of likely N-dealkylation sites (N-methyl/N-ethyl adjacent to an activating group) is 1. The highest BCUT2D eigenvalue weighted by Crippen LogP contribution is 2.38. The predicted octanol–water partition coefficient (Wildman–Crippen LogP) is 8.03. The van der Waals surface area contributed by atoms with Crippen molar-refractivity contribution in [1.29, 1.82) is 0 Å². The van der Waals surface area contributed by atoms with Gasteiger partial charge in [-0.3, -0.25) is 9.69 Å². The molecule has 9 heteroatoms. The molecule has 0 saturated carbocycles. The van der Waals surface area contributed by atoms with Gasteiger partial charge in [-0.2, -0.15) is 0 Å². The van der Waals surface area contributed by atoms with Gasteiger partial charge in [-0.1, -0.05) is 12.1 Å². The zero-order chi connectivity index (χ0) is 24.9. The second kappa shape index (κ2) is 11.9. The van der Waals surface area contributed by atoms with Crippen LogP contribution in [0.2, 0.25) is 0 Å². The largest absolute Gasteiger partial charge is 0.497 e. The van der Waals surface area contributed by atoms with Crippen molar-refractivity contribution in [1.82, 2.24) is 4.90 Å². The van der Waals surface area contributed by atoms with Crippen molar-refractivity contribution in [3.8, 4) is 11.5 Å². The predicted molar refractivity (Wildman–Crippen MR) is 158 cm³/mol. The Hall–Kier alpha value is -1.82. The molecule has 3 aromatic rings. The molecule has 0 radical (unpaired) electrons. The fourth-order valence-corrected chi connectivity index (χ4v) is 6.20. The summed E-state index contributed by atoms with van der Waals surface area (Å²) in [6.45, 7) is 2.94. The van der Waals surface area contributed by atoms with Gasteiger partial charge in [0.15, 0.2) is 5.17 Å². The van der Waals surface area contributed by atoms with Crippen LogP contribution < -0.4 is 9.47 Å². The Morgan fingerprint density at radius 3 is 2.31 bits per heavy atom. The van der Waals surface area contributed by atoms with E-state index in [-0.39, 0.29) is 5.91 Å². The summed E-state index contributed by atoms with van der Waals surface area (Å²) in [4.78, 5) is 20.0. The van der Waals surface area contributed by atoms with E-state index in [4.69, 9.17) is 9.47 Å². The summed E-state index contributed by atoms with van der Waals surface area (Å²) in [6.07, 6.45) is 1.88. The standard InChI is InChI=1S/C26H21Br2IN2O3S/c1-3-31-25(32)23(35-26(31)30-19-8-10-20(33-2)11-9-19)14-17-12-21(27)24(22(28)13-17)34-15-16-4-6-18(29)7-5-16/h4-14H,3,15H2,1-2H3/b23-14+,30-26?. The van der Waals surface area contributed by atoms with Crippen LogP contribution in [0.25, 0.3) is 6.08 Å². The molecule has 3 aromatic carbocycles. The Labute approximate surface area is 239 Å². The molecule has 180 valence electrons. The molecule has 1 heterocycles. The van der Waals surface area contributed by atoms with E-state index in [0.717, 1.165) is 31.5 Å². The van der Waals surface area contributed by atoms with Gasteiger partial charge in [-0.05, 0) is 139 Å². The van der Waals surface area contributed by atoms with Crippen LogP contribution in [-0.4, -0.2) is 29.6 Å². The van der Waals surface area contributed by atoms with Crippen molar-refractivity contribution < 1.29 is 14.3 Å². The SMILES string of the molecule is CCN1C(=O)/C(=C\c2cc(Br)c(OCc3ccc(I)cc3)c(Br)c2)SC1=Nc1ccc(OC)cc1. The number of hydrogen-bond acceptors (Lipinski definition) is 5. The van der Waals surface area contributed by atoms with Crippen molar-refractivity contribution in [2.45, 2.75) is 13.5 Å². The minimum absolute atomic E-state index is 0.0592. The monoisotopic (exact) mass is 726 g/mol. The minimum atomic E-state index is -0.0592. The first-order valence-corrected chi connectivity index (χ1v) is 14.2. The fraction of sp³-hybridized carbons (Fsp3) is 0.154. The number of halogens is 3. The second-order valence-electron chi connectivity index (χ2n) is 7.48. The van der Waals surface area contributed by atoms with E-state index < -0.39 is 0 Å². The van der Waals surface area contributed by atoms with Gasteiger partial charge >= 0.3 is 0 Å². The van der Waals surface area contributed by atoms with E-state index in [2.05, 4.69) is 83.7 Å². The number of amides is 1. The van der Waals surface area contributed by atoms with Crippen LogP contribution in [0.4, 0.5) is 5.69 Å². The van der Waals surface area contributed by atoms with Crippen LogP contribution in [0.3, 0.4) is 0 Å².